The zero-order valence-electron chi connectivity index (χ0n) is 12.0. The molecule has 104 valence electrons. The third-order valence-electron chi connectivity index (χ3n) is 4.59. The van der Waals surface area contributed by atoms with Crippen LogP contribution in [-0.4, -0.2) is 37.6 Å². The average Bonchev–Trinajstić information content (AvgIpc) is 2.74. The molecule has 0 bridgehead atoms. The van der Waals surface area contributed by atoms with Crippen LogP contribution in [0.25, 0.3) is 0 Å². The largest absolute Gasteiger partial charge is 0.370 e. The third-order valence-corrected chi connectivity index (χ3v) is 4.59. The number of likely N-dealkylation sites (tertiary alicyclic amines) is 1. The van der Waals surface area contributed by atoms with Gasteiger partial charge in [0.2, 0.25) is 0 Å². The first-order chi connectivity index (χ1) is 9.43. The summed E-state index contributed by atoms with van der Waals surface area (Å²) in [7, 11) is 0. The van der Waals surface area contributed by atoms with Gasteiger partial charge in [0.15, 0.2) is 0 Å². The number of nitrogens with zero attached hydrogens (tertiary/aromatic N) is 2. The molecule has 2 aliphatic heterocycles. The summed E-state index contributed by atoms with van der Waals surface area (Å²) in [5.74, 6) is 0. The van der Waals surface area contributed by atoms with Crippen molar-refractivity contribution in [3.05, 3.63) is 29.8 Å². The quantitative estimate of drug-likeness (QED) is 0.820. The summed E-state index contributed by atoms with van der Waals surface area (Å²) >= 11 is 0. The maximum absolute atomic E-state index is 2.67. The van der Waals surface area contributed by atoms with Crippen LogP contribution in [0.4, 0.5) is 5.69 Å². The molecule has 1 aromatic rings. The molecule has 2 aliphatic rings. The molecule has 0 radical (unpaired) electrons. The van der Waals surface area contributed by atoms with Crippen LogP contribution in [0.5, 0.6) is 0 Å². The van der Waals surface area contributed by atoms with E-state index in [4.69, 9.17) is 0 Å². The smallest absolute Gasteiger partial charge is 0.0399 e. The Morgan fingerprint density at radius 2 is 1.58 bits per heavy atom. The van der Waals surface area contributed by atoms with Crippen molar-refractivity contribution in [3.63, 3.8) is 0 Å². The van der Waals surface area contributed by atoms with Crippen molar-refractivity contribution in [2.75, 3.05) is 37.6 Å². The van der Waals surface area contributed by atoms with E-state index in [2.05, 4.69) is 34.1 Å². The second-order valence-electron chi connectivity index (χ2n) is 5.98. The number of benzene rings is 1. The van der Waals surface area contributed by atoms with E-state index in [1.54, 1.807) is 5.56 Å². The predicted octanol–water partition coefficient (Wildman–Crippen LogP) is 3.32. The van der Waals surface area contributed by atoms with E-state index in [1.807, 2.05) is 0 Å². The first-order valence-corrected chi connectivity index (χ1v) is 7.99. The Morgan fingerprint density at radius 1 is 0.789 bits per heavy atom. The molecular formula is C17H26N2. The molecule has 0 unspecified atom stereocenters. The lowest BCUT2D eigenvalue weighted by atomic mass is 10.0. The Kier molecular flexibility index (Phi) is 4.39. The van der Waals surface area contributed by atoms with Gasteiger partial charge in [0.25, 0.3) is 0 Å². The molecule has 2 nitrogen and oxygen atoms in total. The van der Waals surface area contributed by atoms with Gasteiger partial charge in [-0.15, -0.1) is 0 Å². The van der Waals surface area contributed by atoms with Crippen LogP contribution in [0.1, 0.15) is 37.7 Å². The fourth-order valence-electron chi connectivity index (χ4n) is 3.47. The average molecular weight is 258 g/mol. The van der Waals surface area contributed by atoms with Gasteiger partial charge in [-0.1, -0.05) is 31.0 Å². The van der Waals surface area contributed by atoms with Crippen LogP contribution in [-0.2, 0) is 6.42 Å². The van der Waals surface area contributed by atoms with E-state index >= 15 is 0 Å². The van der Waals surface area contributed by atoms with Gasteiger partial charge in [-0.05, 0) is 50.4 Å². The van der Waals surface area contributed by atoms with Gasteiger partial charge < -0.3 is 9.80 Å². The van der Waals surface area contributed by atoms with Gasteiger partial charge in [0.05, 0.1) is 0 Å². The summed E-state index contributed by atoms with van der Waals surface area (Å²) < 4.78 is 0. The zero-order chi connectivity index (χ0) is 12.9. The Hall–Kier alpha value is -1.02. The summed E-state index contributed by atoms with van der Waals surface area (Å²) in [5, 5.41) is 0. The molecule has 1 aromatic carbocycles. The fraction of sp³-hybridized carbons (Fsp3) is 0.647. The van der Waals surface area contributed by atoms with Gasteiger partial charge in [-0.25, -0.2) is 0 Å². The monoisotopic (exact) mass is 258 g/mol. The molecule has 1 fully saturated rings. The molecule has 0 aliphatic carbocycles. The first-order valence-electron chi connectivity index (χ1n) is 7.99. The number of para-hydroxylation sites is 1. The molecule has 2 heterocycles. The molecule has 0 amide bonds. The second-order valence-corrected chi connectivity index (χ2v) is 5.98. The number of fused-ring (bicyclic) bond motifs is 1. The van der Waals surface area contributed by atoms with Crippen LogP contribution in [0, 0.1) is 0 Å². The van der Waals surface area contributed by atoms with Crippen LogP contribution < -0.4 is 4.90 Å². The standard InChI is InChI=1S/C17H26N2/c1-2-6-12-18(11-5-1)14-15-19-13-7-9-16-8-3-4-10-17(16)19/h3-4,8,10H,1-2,5-7,9,11-15H2. The number of anilines is 1. The van der Waals surface area contributed by atoms with E-state index in [-0.39, 0.29) is 0 Å². The van der Waals surface area contributed by atoms with Crippen molar-refractivity contribution >= 4 is 5.69 Å². The normalized spacial score (nSPS) is 20.9. The topological polar surface area (TPSA) is 6.48 Å². The molecule has 2 heteroatoms. The Bertz CT molecular complexity index is 394. The highest BCUT2D eigenvalue weighted by molar-refractivity contribution is 5.55. The van der Waals surface area contributed by atoms with E-state index in [0.29, 0.717) is 0 Å². The van der Waals surface area contributed by atoms with Crippen molar-refractivity contribution in [1.29, 1.82) is 0 Å². The molecule has 19 heavy (non-hydrogen) atoms. The maximum Gasteiger partial charge on any atom is 0.0399 e. The van der Waals surface area contributed by atoms with Crippen LogP contribution in [0.3, 0.4) is 0 Å². The highest BCUT2D eigenvalue weighted by Crippen LogP contribution is 2.26. The summed E-state index contributed by atoms with van der Waals surface area (Å²) in [4.78, 5) is 5.27. The zero-order valence-corrected chi connectivity index (χ0v) is 12.0. The van der Waals surface area contributed by atoms with Crippen LogP contribution in [0.15, 0.2) is 24.3 Å². The number of rotatable bonds is 3. The molecule has 0 spiro atoms. The lowest BCUT2D eigenvalue weighted by molar-refractivity contribution is 0.290. The van der Waals surface area contributed by atoms with Gasteiger partial charge >= 0.3 is 0 Å². The van der Waals surface area contributed by atoms with Gasteiger partial charge in [0, 0.05) is 25.3 Å². The Labute approximate surface area is 117 Å². The van der Waals surface area contributed by atoms with Crippen molar-refractivity contribution in [1.82, 2.24) is 4.90 Å². The summed E-state index contributed by atoms with van der Waals surface area (Å²) in [5.41, 5.74) is 3.04. The first kappa shape index (κ1) is 13.0. The minimum atomic E-state index is 1.21. The van der Waals surface area contributed by atoms with Crippen molar-refractivity contribution in [2.45, 2.75) is 38.5 Å². The van der Waals surface area contributed by atoms with Gasteiger partial charge in [0.1, 0.15) is 0 Å². The SMILES string of the molecule is c1ccc2c(c1)CCCN2CCN1CCCCCC1. The van der Waals surface area contributed by atoms with Crippen LogP contribution >= 0.6 is 0 Å². The second kappa shape index (κ2) is 6.42. The molecular weight excluding hydrogens is 232 g/mol. The third kappa shape index (κ3) is 3.30. The summed E-state index contributed by atoms with van der Waals surface area (Å²) in [6.45, 7) is 6.32. The molecule has 0 atom stereocenters. The summed E-state index contributed by atoms with van der Waals surface area (Å²) in [6.07, 6.45) is 8.24. The molecule has 0 N–H and O–H groups in total. The maximum atomic E-state index is 2.67. The minimum absolute atomic E-state index is 1.21. The van der Waals surface area contributed by atoms with Crippen molar-refractivity contribution in [2.24, 2.45) is 0 Å². The summed E-state index contributed by atoms with van der Waals surface area (Å²) in [6, 6.07) is 8.96. The van der Waals surface area contributed by atoms with Crippen molar-refractivity contribution in [3.8, 4) is 0 Å². The highest BCUT2D eigenvalue weighted by Gasteiger charge is 2.17. The molecule has 3 rings (SSSR count). The van der Waals surface area contributed by atoms with E-state index in [1.165, 1.54) is 76.9 Å². The molecule has 1 saturated heterocycles. The van der Waals surface area contributed by atoms with E-state index in [0.717, 1.165) is 0 Å². The number of hydrogen-bond acceptors (Lipinski definition) is 2. The molecule has 0 saturated carbocycles. The fourth-order valence-corrected chi connectivity index (χ4v) is 3.47. The van der Waals surface area contributed by atoms with Crippen LogP contribution in [0.2, 0.25) is 0 Å². The Morgan fingerprint density at radius 3 is 2.42 bits per heavy atom. The Balaban J connectivity index is 1.58. The van der Waals surface area contributed by atoms with Gasteiger partial charge in [-0.2, -0.15) is 0 Å². The van der Waals surface area contributed by atoms with Gasteiger partial charge in [-0.3, -0.25) is 0 Å². The predicted molar refractivity (Wildman–Crippen MR) is 81.9 cm³/mol. The number of hydrogen-bond donors (Lipinski definition) is 0. The van der Waals surface area contributed by atoms with E-state index < -0.39 is 0 Å². The van der Waals surface area contributed by atoms with Crippen molar-refractivity contribution < 1.29 is 0 Å². The minimum Gasteiger partial charge on any atom is -0.370 e. The number of aryl methyl sites for hydroxylation is 1. The van der Waals surface area contributed by atoms with E-state index in [9.17, 15) is 0 Å². The lowest BCUT2D eigenvalue weighted by Crippen LogP contribution is -2.38. The lowest BCUT2D eigenvalue weighted by Gasteiger charge is -2.33. The molecule has 0 aromatic heterocycles. The highest BCUT2D eigenvalue weighted by atomic mass is 15.2.